The van der Waals surface area contributed by atoms with Gasteiger partial charge in [-0.15, -0.1) is 0 Å². The SMILES string of the molecule is Cc1ncc(-c2cc(C(C)(C)N)cc(C(F)(F)F)c2)cc1-c1cnc(C)c(N2CCCCC2)c1. The number of nitrogens with zero attached hydrogens (tertiary/aromatic N) is 3. The number of aromatic nitrogens is 2. The first kappa shape index (κ1) is 24.2. The van der Waals surface area contributed by atoms with Crippen LogP contribution < -0.4 is 10.6 Å². The van der Waals surface area contributed by atoms with Gasteiger partial charge in [-0.1, -0.05) is 0 Å². The van der Waals surface area contributed by atoms with Crippen molar-refractivity contribution in [3.63, 3.8) is 0 Å². The van der Waals surface area contributed by atoms with E-state index in [-0.39, 0.29) is 0 Å². The summed E-state index contributed by atoms with van der Waals surface area (Å²) < 4.78 is 40.9. The van der Waals surface area contributed by atoms with E-state index in [2.05, 4.69) is 20.9 Å². The molecule has 4 rings (SSSR count). The molecule has 1 saturated heterocycles. The van der Waals surface area contributed by atoms with E-state index in [1.54, 1.807) is 26.1 Å². The molecule has 1 aliphatic rings. The first-order chi connectivity index (χ1) is 15.9. The number of hydrogen-bond donors (Lipinski definition) is 1. The van der Waals surface area contributed by atoms with Gasteiger partial charge in [0.25, 0.3) is 0 Å². The van der Waals surface area contributed by atoms with Gasteiger partial charge in [-0.2, -0.15) is 13.2 Å². The van der Waals surface area contributed by atoms with Crippen LogP contribution in [-0.2, 0) is 11.7 Å². The van der Waals surface area contributed by atoms with Crippen molar-refractivity contribution in [1.82, 2.24) is 9.97 Å². The van der Waals surface area contributed by atoms with E-state index in [0.29, 0.717) is 16.7 Å². The Morgan fingerprint density at radius 2 is 1.38 bits per heavy atom. The molecule has 2 N–H and O–H groups in total. The highest BCUT2D eigenvalue weighted by atomic mass is 19.4. The molecule has 3 aromatic rings. The van der Waals surface area contributed by atoms with Crippen LogP contribution in [0.1, 0.15) is 55.6 Å². The zero-order chi connectivity index (χ0) is 24.7. The van der Waals surface area contributed by atoms with Crippen molar-refractivity contribution in [2.24, 2.45) is 5.73 Å². The Kier molecular flexibility index (Phi) is 6.42. The minimum atomic E-state index is -4.47. The summed E-state index contributed by atoms with van der Waals surface area (Å²) in [5.41, 5.74) is 10.6. The lowest BCUT2D eigenvalue weighted by molar-refractivity contribution is -0.137. The molecule has 0 spiro atoms. The third-order valence-corrected chi connectivity index (χ3v) is 6.49. The Balaban J connectivity index is 1.81. The predicted molar refractivity (Wildman–Crippen MR) is 131 cm³/mol. The average Bonchev–Trinajstić information content (AvgIpc) is 2.79. The maximum absolute atomic E-state index is 13.6. The van der Waals surface area contributed by atoms with Crippen LogP contribution in [0.4, 0.5) is 18.9 Å². The zero-order valence-electron chi connectivity index (χ0n) is 20.1. The predicted octanol–water partition coefficient (Wildman–Crippen LogP) is 6.63. The molecular formula is C27H31F3N4. The summed E-state index contributed by atoms with van der Waals surface area (Å²) in [6, 6.07) is 8.04. The molecule has 7 heteroatoms. The summed E-state index contributed by atoms with van der Waals surface area (Å²) in [4.78, 5) is 11.5. The lowest BCUT2D eigenvalue weighted by atomic mass is 9.89. The lowest BCUT2D eigenvalue weighted by Gasteiger charge is -2.30. The highest BCUT2D eigenvalue weighted by molar-refractivity contribution is 5.76. The van der Waals surface area contributed by atoms with Gasteiger partial charge in [-0.25, -0.2) is 0 Å². The molecule has 0 bridgehead atoms. The highest BCUT2D eigenvalue weighted by Crippen LogP contribution is 2.37. The van der Waals surface area contributed by atoms with Gasteiger partial charge in [0.05, 0.1) is 16.9 Å². The number of hydrogen-bond acceptors (Lipinski definition) is 4. The fraction of sp³-hybridized carbons (Fsp3) is 0.407. The molecule has 0 aliphatic carbocycles. The van der Waals surface area contributed by atoms with Crippen LogP contribution in [0.2, 0.25) is 0 Å². The Labute approximate surface area is 199 Å². The van der Waals surface area contributed by atoms with E-state index >= 15 is 0 Å². The summed E-state index contributed by atoms with van der Waals surface area (Å²) in [5.74, 6) is 0. The number of nitrogens with two attached hydrogens (primary N) is 1. The van der Waals surface area contributed by atoms with Gasteiger partial charge in [0, 0.05) is 53.4 Å². The third kappa shape index (κ3) is 5.09. The molecule has 1 aliphatic heterocycles. The van der Waals surface area contributed by atoms with Gasteiger partial charge in [0.1, 0.15) is 0 Å². The number of halogens is 3. The highest BCUT2D eigenvalue weighted by Gasteiger charge is 2.32. The standard InChI is InChI=1S/C27H31F3N4/c1-17-24(21-13-25(18(2)33-16-21)34-8-6-5-7-9-34)12-20(15-32-17)19-10-22(26(3,4)31)14-23(11-19)27(28,29)30/h10-16H,5-9,31H2,1-4H3. The minimum Gasteiger partial charge on any atom is -0.370 e. The summed E-state index contributed by atoms with van der Waals surface area (Å²) in [5, 5.41) is 0. The number of benzene rings is 1. The summed E-state index contributed by atoms with van der Waals surface area (Å²) in [6.45, 7) is 9.32. The van der Waals surface area contributed by atoms with Gasteiger partial charge >= 0.3 is 6.18 Å². The molecule has 0 radical (unpaired) electrons. The number of rotatable bonds is 4. The van der Waals surface area contributed by atoms with E-state index in [0.717, 1.165) is 66.3 Å². The van der Waals surface area contributed by atoms with Crippen molar-refractivity contribution in [3.05, 3.63) is 65.2 Å². The molecule has 4 nitrogen and oxygen atoms in total. The Hall–Kier alpha value is -2.93. The summed E-state index contributed by atoms with van der Waals surface area (Å²) >= 11 is 0. The Bertz CT molecular complexity index is 1160. The molecule has 0 amide bonds. The largest absolute Gasteiger partial charge is 0.416 e. The van der Waals surface area contributed by atoms with Gasteiger partial charge in [-0.05, 0) is 88.4 Å². The Morgan fingerprint density at radius 3 is 2.03 bits per heavy atom. The average molecular weight is 469 g/mol. The second kappa shape index (κ2) is 9.02. The van der Waals surface area contributed by atoms with Crippen molar-refractivity contribution >= 4 is 5.69 Å². The van der Waals surface area contributed by atoms with Crippen molar-refractivity contribution in [1.29, 1.82) is 0 Å². The van der Waals surface area contributed by atoms with Crippen molar-refractivity contribution in [2.45, 2.75) is 58.7 Å². The summed E-state index contributed by atoms with van der Waals surface area (Å²) in [6.07, 6.45) is 2.53. The van der Waals surface area contributed by atoms with E-state index in [9.17, 15) is 13.2 Å². The molecular weight excluding hydrogens is 437 g/mol. The van der Waals surface area contributed by atoms with Crippen LogP contribution in [0.5, 0.6) is 0 Å². The smallest absolute Gasteiger partial charge is 0.370 e. The number of aryl methyl sites for hydroxylation is 2. The van der Waals surface area contributed by atoms with Gasteiger partial charge in [-0.3, -0.25) is 9.97 Å². The molecule has 0 saturated carbocycles. The first-order valence-electron chi connectivity index (χ1n) is 11.6. The van der Waals surface area contributed by atoms with Crippen LogP contribution >= 0.6 is 0 Å². The van der Waals surface area contributed by atoms with Crippen LogP contribution in [0.3, 0.4) is 0 Å². The van der Waals surface area contributed by atoms with Crippen molar-refractivity contribution < 1.29 is 13.2 Å². The normalized spacial score (nSPS) is 15.0. The molecule has 0 unspecified atom stereocenters. The Morgan fingerprint density at radius 1 is 0.765 bits per heavy atom. The number of pyridine rings is 2. The van der Waals surface area contributed by atoms with Gasteiger partial charge in [0.2, 0.25) is 0 Å². The molecule has 0 atom stereocenters. The molecule has 34 heavy (non-hydrogen) atoms. The number of piperidine rings is 1. The molecule has 1 fully saturated rings. The quantitative estimate of drug-likeness (QED) is 0.467. The van der Waals surface area contributed by atoms with E-state index < -0.39 is 17.3 Å². The first-order valence-corrected chi connectivity index (χ1v) is 11.6. The number of alkyl halides is 3. The van der Waals surface area contributed by atoms with Gasteiger partial charge in [0.15, 0.2) is 0 Å². The monoisotopic (exact) mass is 468 g/mol. The van der Waals surface area contributed by atoms with E-state index in [1.165, 1.54) is 6.42 Å². The maximum Gasteiger partial charge on any atom is 0.416 e. The van der Waals surface area contributed by atoms with E-state index in [1.807, 2.05) is 26.1 Å². The van der Waals surface area contributed by atoms with Crippen LogP contribution in [0, 0.1) is 13.8 Å². The van der Waals surface area contributed by atoms with Crippen molar-refractivity contribution in [3.8, 4) is 22.3 Å². The van der Waals surface area contributed by atoms with Crippen LogP contribution in [0.15, 0.2) is 42.7 Å². The lowest BCUT2D eigenvalue weighted by Crippen LogP contribution is -2.30. The topological polar surface area (TPSA) is 55.0 Å². The van der Waals surface area contributed by atoms with E-state index in [4.69, 9.17) is 5.73 Å². The van der Waals surface area contributed by atoms with Crippen LogP contribution in [0.25, 0.3) is 22.3 Å². The zero-order valence-corrected chi connectivity index (χ0v) is 20.1. The molecule has 180 valence electrons. The molecule has 2 aromatic heterocycles. The third-order valence-electron chi connectivity index (χ3n) is 6.49. The fourth-order valence-electron chi connectivity index (χ4n) is 4.44. The second-order valence-corrected chi connectivity index (χ2v) is 9.75. The fourth-order valence-corrected chi connectivity index (χ4v) is 4.44. The maximum atomic E-state index is 13.6. The second-order valence-electron chi connectivity index (χ2n) is 9.75. The van der Waals surface area contributed by atoms with Crippen molar-refractivity contribution in [2.75, 3.05) is 18.0 Å². The number of anilines is 1. The minimum absolute atomic E-state index is 0.420. The molecule has 1 aromatic carbocycles. The summed E-state index contributed by atoms with van der Waals surface area (Å²) in [7, 11) is 0. The van der Waals surface area contributed by atoms with Gasteiger partial charge < -0.3 is 10.6 Å². The van der Waals surface area contributed by atoms with Crippen LogP contribution in [-0.4, -0.2) is 23.1 Å². The molecule has 3 heterocycles.